The van der Waals surface area contributed by atoms with Crippen molar-refractivity contribution >= 4 is 29.9 Å². The number of nitrogens with zero attached hydrogens (tertiary/aromatic N) is 4. The number of hydrogen-bond donors (Lipinski definition) is 2. The number of likely N-dealkylation sites (N-methyl/N-ethyl adjacent to an activating group) is 1. The molecule has 6 nitrogen and oxygen atoms in total. The normalized spacial score (nSPS) is 16.6. The maximum absolute atomic E-state index is 4.78. The molecule has 1 saturated heterocycles. The van der Waals surface area contributed by atoms with Gasteiger partial charge in [-0.3, -0.25) is 9.89 Å². The van der Waals surface area contributed by atoms with E-state index in [9.17, 15) is 0 Å². The van der Waals surface area contributed by atoms with E-state index in [0.29, 0.717) is 6.04 Å². The summed E-state index contributed by atoms with van der Waals surface area (Å²) in [4.78, 5) is 12.3. The van der Waals surface area contributed by atoms with Crippen molar-refractivity contribution in [3.8, 4) is 0 Å². The van der Waals surface area contributed by atoms with Crippen LogP contribution in [0.2, 0.25) is 0 Å². The Balaban J connectivity index is 0.00000512. The van der Waals surface area contributed by atoms with Gasteiger partial charge in [-0.15, -0.1) is 24.0 Å². The van der Waals surface area contributed by atoms with Crippen LogP contribution in [0.15, 0.2) is 35.3 Å². The Kier molecular flexibility index (Phi) is 16.0. The van der Waals surface area contributed by atoms with Crippen molar-refractivity contribution in [1.29, 1.82) is 0 Å². The highest BCUT2D eigenvalue weighted by Gasteiger charge is 2.14. The first-order valence-electron chi connectivity index (χ1n) is 12.3. The van der Waals surface area contributed by atoms with Crippen LogP contribution < -0.4 is 10.6 Å². The van der Waals surface area contributed by atoms with Gasteiger partial charge < -0.3 is 20.4 Å². The molecule has 1 aliphatic rings. The number of halogens is 1. The van der Waals surface area contributed by atoms with E-state index in [1.54, 1.807) is 0 Å². The minimum atomic E-state index is 0. The lowest BCUT2D eigenvalue weighted by atomic mass is 10.1. The summed E-state index contributed by atoms with van der Waals surface area (Å²) in [5, 5.41) is 6.90. The molecule has 1 unspecified atom stereocenters. The second-order valence-electron chi connectivity index (χ2n) is 8.71. The van der Waals surface area contributed by atoms with Gasteiger partial charge in [0.2, 0.25) is 0 Å². The van der Waals surface area contributed by atoms with Crippen LogP contribution in [0.25, 0.3) is 0 Å². The first-order valence-corrected chi connectivity index (χ1v) is 12.3. The van der Waals surface area contributed by atoms with Gasteiger partial charge in [0.25, 0.3) is 0 Å². The zero-order chi connectivity index (χ0) is 22.3. The van der Waals surface area contributed by atoms with Gasteiger partial charge in [-0.2, -0.15) is 0 Å². The third kappa shape index (κ3) is 11.8. The summed E-state index contributed by atoms with van der Waals surface area (Å²) >= 11 is 0. The molecule has 1 fully saturated rings. The fraction of sp³-hybridized carbons (Fsp3) is 0.720. The zero-order valence-electron chi connectivity index (χ0n) is 20.9. The van der Waals surface area contributed by atoms with Crippen molar-refractivity contribution in [3.63, 3.8) is 0 Å². The SMILES string of the molecule is CCNC(=NCCCCN1CCN(CC)CC1)NCCC(C)N(C)Cc1ccccc1.I. The molecule has 0 radical (unpaired) electrons. The standard InChI is InChI=1S/C25H46N6.HI/c1-5-26-25(27-15-10-11-17-31-20-18-30(6-2)19-21-31)28-16-14-23(3)29(4)22-24-12-8-7-9-13-24;/h7-9,12-13,23H,5-6,10-11,14-22H2,1-4H3,(H2,26,27,28);1H. The lowest BCUT2D eigenvalue weighted by molar-refractivity contribution is 0.136. The monoisotopic (exact) mass is 558 g/mol. The summed E-state index contributed by atoms with van der Waals surface area (Å²) in [5.41, 5.74) is 1.37. The van der Waals surface area contributed by atoms with Gasteiger partial charge in [-0.25, -0.2) is 0 Å². The van der Waals surface area contributed by atoms with Crippen LogP contribution in [0.3, 0.4) is 0 Å². The van der Waals surface area contributed by atoms with Crippen molar-refractivity contribution in [2.45, 2.75) is 52.6 Å². The molecule has 1 aromatic carbocycles. The summed E-state index contributed by atoms with van der Waals surface area (Å²) in [6, 6.07) is 11.2. The Morgan fingerprint density at radius 2 is 1.72 bits per heavy atom. The predicted octanol–water partition coefficient (Wildman–Crippen LogP) is 3.49. The fourth-order valence-corrected chi connectivity index (χ4v) is 3.96. The highest BCUT2D eigenvalue weighted by molar-refractivity contribution is 14.0. The minimum Gasteiger partial charge on any atom is -0.357 e. The number of rotatable bonds is 13. The summed E-state index contributed by atoms with van der Waals surface area (Å²) in [7, 11) is 2.21. The molecule has 2 rings (SSSR count). The molecule has 1 aliphatic heterocycles. The Hall–Kier alpha value is -0.900. The van der Waals surface area contributed by atoms with Crippen molar-refractivity contribution in [2.24, 2.45) is 4.99 Å². The number of aliphatic imine (C=N–C) groups is 1. The third-order valence-corrected chi connectivity index (χ3v) is 6.29. The molecule has 1 heterocycles. The highest BCUT2D eigenvalue weighted by Crippen LogP contribution is 2.08. The third-order valence-electron chi connectivity index (χ3n) is 6.29. The second-order valence-corrected chi connectivity index (χ2v) is 8.71. The number of piperazine rings is 1. The van der Waals surface area contributed by atoms with Crippen LogP contribution in [0.1, 0.15) is 45.6 Å². The topological polar surface area (TPSA) is 46.1 Å². The van der Waals surface area contributed by atoms with Crippen LogP contribution in [0, 0.1) is 0 Å². The molecular formula is C25H47IN6. The molecule has 0 aliphatic carbocycles. The summed E-state index contributed by atoms with van der Waals surface area (Å²) < 4.78 is 0. The van der Waals surface area contributed by atoms with E-state index in [1.807, 2.05) is 0 Å². The van der Waals surface area contributed by atoms with Gasteiger partial charge >= 0.3 is 0 Å². The van der Waals surface area contributed by atoms with Crippen LogP contribution in [0.5, 0.6) is 0 Å². The van der Waals surface area contributed by atoms with Gasteiger partial charge in [0.15, 0.2) is 5.96 Å². The number of nitrogens with one attached hydrogen (secondary N) is 2. The lowest BCUT2D eigenvalue weighted by Crippen LogP contribution is -2.46. The second kappa shape index (κ2) is 17.6. The molecule has 0 spiro atoms. The minimum absolute atomic E-state index is 0. The van der Waals surface area contributed by atoms with E-state index in [4.69, 9.17) is 4.99 Å². The molecule has 0 amide bonds. The predicted molar refractivity (Wildman–Crippen MR) is 149 cm³/mol. The molecule has 2 N–H and O–H groups in total. The Morgan fingerprint density at radius 1 is 1.03 bits per heavy atom. The van der Waals surface area contributed by atoms with Crippen LogP contribution in [0.4, 0.5) is 0 Å². The van der Waals surface area contributed by atoms with Gasteiger partial charge in [-0.1, -0.05) is 37.3 Å². The molecule has 184 valence electrons. The lowest BCUT2D eigenvalue weighted by Gasteiger charge is -2.33. The number of unbranched alkanes of at least 4 members (excludes halogenated alkanes) is 1. The largest absolute Gasteiger partial charge is 0.357 e. The molecule has 1 aromatic rings. The summed E-state index contributed by atoms with van der Waals surface area (Å²) in [5.74, 6) is 0.956. The average molecular weight is 559 g/mol. The van der Waals surface area contributed by atoms with Gasteiger partial charge in [0, 0.05) is 58.4 Å². The van der Waals surface area contributed by atoms with E-state index in [1.165, 1.54) is 51.3 Å². The first kappa shape index (κ1) is 29.1. The first-order chi connectivity index (χ1) is 15.1. The smallest absolute Gasteiger partial charge is 0.191 e. The van der Waals surface area contributed by atoms with Crippen molar-refractivity contribution in [1.82, 2.24) is 25.3 Å². The number of guanidine groups is 1. The van der Waals surface area contributed by atoms with Crippen LogP contribution >= 0.6 is 24.0 Å². The molecule has 0 saturated carbocycles. The zero-order valence-corrected chi connectivity index (χ0v) is 23.2. The Morgan fingerprint density at radius 3 is 2.38 bits per heavy atom. The van der Waals surface area contributed by atoms with Crippen molar-refractivity contribution in [3.05, 3.63) is 35.9 Å². The maximum Gasteiger partial charge on any atom is 0.191 e. The fourth-order valence-electron chi connectivity index (χ4n) is 3.96. The number of benzene rings is 1. The summed E-state index contributed by atoms with van der Waals surface area (Å²) in [6.45, 7) is 17.7. The van der Waals surface area contributed by atoms with Crippen molar-refractivity contribution < 1.29 is 0 Å². The number of hydrogen-bond acceptors (Lipinski definition) is 4. The molecule has 0 bridgehead atoms. The molecule has 7 heteroatoms. The van der Waals surface area contributed by atoms with Gasteiger partial charge in [0.1, 0.15) is 0 Å². The Bertz CT molecular complexity index is 604. The Labute approximate surface area is 214 Å². The maximum atomic E-state index is 4.78. The van der Waals surface area contributed by atoms with E-state index >= 15 is 0 Å². The van der Waals surface area contributed by atoms with Crippen molar-refractivity contribution in [2.75, 3.05) is 66.0 Å². The highest BCUT2D eigenvalue weighted by atomic mass is 127. The van der Waals surface area contributed by atoms with Crippen LogP contribution in [-0.4, -0.2) is 92.7 Å². The quantitative estimate of drug-likeness (QED) is 0.168. The molecule has 32 heavy (non-hydrogen) atoms. The van der Waals surface area contributed by atoms with E-state index < -0.39 is 0 Å². The molecule has 1 atom stereocenters. The molecular weight excluding hydrogens is 511 g/mol. The van der Waals surface area contributed by atoms with E-state index in [-0.39, 0.29) is 24.0 Å². The van der Waals surface area contributed by atoms with E-state index in [0.717, 1.165) is 45.0 Å². The van der Waals surface area contributed by atoms with Gasteiger partial charge in [-0.05, 0) is 58.8 Å². The van der Waals surface area contributed by atoms with E-state index in [2.05, 4.69) is 83.5 Å². The van der Waals surface area contributed by atoms with Gasteiger partial charge in [0.05, 0.1) is 0 Å². The average Bonchev–Trinajstić information content (AvgIpc) is 2.79. The van der Waals surface area contributed by atoms with Crippen LogP contribution in [-0.2, 0) is 6.54 Å². The summed E-state index contributed by atoms with van der Waals surface area (Å²) in [6.07, 6.45) is 3.48. The molecule has 0 aromatic heterocycles.